The number of aldehydes is 1. The first-order valence-electron chi connectivity index (χ1n) is 5.78. The van der Waals surface area contributed by atoms with Gasteiger partial charge >= 0.3 is 0 Å². The van der Waals surface area contributed by atoms with Crippen molar-refractivity contribution in [3.05, 3.63) is 64.7 Å². The van der Waals surface area contributed by atoms with Gasteiger partial charge in [-0.3, -0.25) is 9.59 Å². The predicted octanol–water partition coefficient (Wildman–Crippen LogP) is 3.33. The highest BCUT2D eigenvalue weighted by atomic mass is 35.5. The van der Waals surface area contributed by atoms with Crippen LogP contribution in [0, 0.1) is 0 Å². The summed E-state index contributed by atoms with van der Waals surface area (Å²) < 4.78 is 0. The minimum Gasteiger partial charge on any atom is -0.324 e. The number of benzene rings is 2. The van der Waals surface area contributed by atoms with Gasteiger partial charge in [0.25, 0.3) is 0 Å². The summed E-state index contributed by atoms with van der Waals surface area (Å²) in [6, 6.07) is 14.3. The van der Waals surface area contributed by atoms with Crippen LogP contribution in [0.2, 0.25) is 5.02 Å². The molecular formula is C15H12ClNO2. The Balaban J connectivity index is 2.09. The van der Waals surface area contributed by atoms with Crippen molar-refractivity contribution in [3.8, 4) is 0 Å². The molecule has 0 saturated heterocycles. The minimum atomic E-state index is -0.170. The summed E-state index contributed by atoms with van der Waals surface area (Å²) in [7, 11) is 0. The number of hydrogen-bond donors (Lipinski definition) is 1. The van der Waals surface area contributed by atoms with E-state index >= 15 is 0 Å². The fraction of sp³-hybridized carbons (Fsp3) is 0.0667. The average molecular weight is 274 g/mol. The van der Waals surface area contributed by atoms with E-state index in [0.29, 0.717) is 17.5 Å². The highest BCUT2D eigenvalue weighted by Gasteiger charge is 2.09. The first-order chi connectivity index (χ1) is 9.20. The Bertz CT molecular complexity index is 596. The van der Waals surface area contributed by atoms with E-state index in [9.17, 15) is 9.59 Å². The number of nitrogens with one attached hydrogen (secondary N) is 1. The van der Waals surface area contributed by atoms with Crippen LogP contribution in [-0.2, 0) is 11.2 Å². The quantitative estimate of drug-likeness (QED) is 0.869. The van der Waals surface area contributed by atoms with Crippen LogP contribution in [0.15, 0.2) is 48.5 Å². The maximum Gasteiger partial charge on any atom is 0.228 e. The summed E-state index contributed by atoms with van der Waals surface area (Å²) in [6.07, 6.45) is 0.928. The third kappa shape index (κ3) is 3.42. The highest BCUT2D eigenvalue weighted by molar-refractivity contribution is 6.36. The van der Waals surface area contributed by atoms with E-state index in [1.54, 1.807) is 18.2 Å². The number of rotatable bonds is 4. The molecule has 3 nitrogen and oxygen atoms in total. The highest BCUT2D eigenvalue weighted by Crippen LogP contribution is 2.24. The summed E-state index contributed by atoms with van der Waals surface area (Å²) in [5.74, 6) is -0.170. The molecule has 2 rings (SSSR count). The van der Waals surface area contributed by atoms with Crippen molar-refractivity contribution >= 4 is 29.5 Å². The van der Waals surface area contributed by atoms with Crippen molar-refractivity contribution in [1.29, 1.82) is 0 Å². The largest absolute Gasteiger partial charge is 0.324 e. The van der Waals surface area contributed by atoms with Crippen LogP contribution in [0.3, 0.4) is 0 Å². The van der Waals surface area contributed by atoms with Crippen LogP contribution in [0.1, 0.15) is 15.9 Å². The van der Waals surface area contributed by atoms with E-state index in [1.165, 1.54) is 0 Å². The van der Waals surface area contributed by atoms with Crippen molar-refractivity contribution in [1.82, 2.24) is 0 Å². The summed E-state index contributed by atoms with van der Waals surface area (Å²) in [4.78, 5) is 22.6. The molecule has 0 heterocycles. The fourth-order valence-corrected chi connectivity index (χ4v) is 1.93. The zero-order chi connectivity index (χ0) is 13.7. The molecule has 1 amide bonds. The molecule has 96 valence electrons. The van der Waals surface area contributed by atoms with Crippen LogP contribution < -0.4 is 5.32 Å². The molecule has 0 aromatic heterocycles. The molecule has 0 bridgehead atoms. The third-order valence-electron chi connectivity index (χ3n) is 2.64. The molecule has 0 fully saturated rings. The predicted molar refractivity (Wildman–Crippen MR) is 75.6 cm³/mol. The lowest BCUT2D eigenvalue weighted by Gasteiger charge is -2.08. The number of halogens is 1. The first-order valence-corrected chi connectivity index (χ1v) is 6.16. The number of anilines is 1. The normalized spacial score (nSPS) is 9.95. The fourth-order valence-electron chi connectivity index (χ4n) is 1.71. The Labute approximate surface area is 116 Å². The van der Waals surface area contributed by atoms with Crippen LogP contribution in [0.5, 0.6) is 0 Å². The lowest BCUT2D eigenvalue weighted by molar-refractivity contribution is -0.115. The molecule has 0 spiro atoms. The Kier molecular flexibility index (Phi) is 4.31. The molecule has 0 saturated carbocycles. The van der Waals surface area contributed by atoms with Crippen LogP contribution in [0.4, 0.5) is 5.69 Å². The molecule has 0 unspecified atom stereocenters. The SMILES string of the molecule is O=Cc1cccc(NC(=O)Cc2ccccc2)c1Cl. The second kappa shape index (κ2) is 6.16. The molecule has 4 heteroatoms. The van der Waals surface area contributed by atoms with E-state index < -0.39 is 0 Å². The summed E-state index contributed by atoms with van der Waals surface area (Å²) >= 11 is 6.01. The second-order valence-corrected chi connectivity index (χ2v) is 4.42. The van der Waals surface area contributed by atoms with E-state index in [0.717, 1.165) is 5.56 Å². The number of carbonyl (C=O) groups is 2. The zero-order valence-corrected chi connectivity index (χ0v) is 10.9. The Morgan fingerprint density at radius 1 is 1.11 bits per heavy atom. The lowest BCUT2D eigenvalue weighted by Crippen LogP contribution is -2.14. The van der Waals surface area contributed by atoms with Gasteiger partial charge in [-0.15, -0.1) is 0 Å². The van der Waals surface area contributed by atoms with E-state index in [1.807, 2.05) is 30.3 Å². The molecule has 1 N–H and O–H groups in total. The van der Waals surface area contributed by atoms with Crippen molar-refractivity contribution in [2.45, 2.75) is 6.42 Å². The van der Waals surface area contributed by atoms with Gasteiger partial charge in [0, 0.05) is 5.56 Å². The topological polar surface area (TPSA) is 46.2 Å². The van der Waals surface area contributed by atoms with Gasteiger partial charge in [-0.2, -0.15) is 0 Å². The van der Waals surface area contributed by atoms with Gasteiger partial charge in [0.2, 0.25) is 5.91 Å². The molecular weight excluding hydrogens is 262 g/mol. The summed E-state index contributed by atoms with van der Waals surface area (Å²) in [5, 5.41) is 2.97. The second-order valence-electron chi connectivity index (χ2n) is 4.04. The van der Waals surface area contributed by atoms with Gasteiger partial charge in [-0.05, 0) is 11.6 Å². The molecule has 0 aliphatic carbocycles. The van der Waals surface area contributed by atoms with E-state index in [2.05, 4.69) is 5.32 Å². The average Bonchev–Trinajstić information content (AvgIpc) is 2.42. The number of carbonyl (C=O) groups excluding carboxylic acids is 2. The lowest BCUT2D eigenvalue weighted by atomic mass is 10.1. The van der Waals surface area contributed by atoms with Gasteiger partial charge < -0.3 is 5.32 Å². The molecule has 0 radical (unpaired) electrons. The minimum absolute atomic E-state index is 0.170. The van der Waals surface area contributed by atoms with Crippen molar-refractivity contribution in [3.63, 3.8) is 0 Å². The van der Waals surface area contributed by atoms with Gasteiger partial charge in [0.1, 0.15) is 0 Å². The van der Waals surface area contributed by atoms with Gasteiger partial charge in [0.15, 0.2) is 6.29 Å². The molecule has 0 aliphatic heterocycles. The molecule has 0 atom stereocenters. The maximum atomic E-state index is 11.9. The smallest absolute Gasteiger partial charge is 0.228 e. The van der Waals surface area contributed by atoms with Crippen molar-refractivity contribution < 1.29 is 9.59 Å². The molecule has 19 heavy (non-hydrogen) atoms. The maximum absolute atomic E-state index is 11.9. The van der Waals surface area contributed by atoms with E-state index in [4.69, 9.17) is 11.6 Å². The van der Waals surface area contributed by atoms with Crippen molar-refractivity contribution in [2.24, 2.45) is 0 Å². The van der Waals surface area contributed by atoms with Gasteiger partial charge in [0.05, 0.1) is 17.1 Å². The standard InChI is InChI=1S/C15H12ClNO2/c16-15-12(10-18)7-4-8-13(15)17-14(19)9-11-5-2-1-3-6-11/h1-8,10H,9H2,(H,17,19). The molecule has 2 aromatic carbocycles. The Morgan fingerprint density at radius 3 is 2.53 bits per heavy atom. The van der Waals surface area contributed by atoms with Crippen LogP contribution in [-0.4, -0.2) is 12.2 Å². The molecule has 0 aliphatic rings. The van der Waals surface area contributed by atoms with Crippen molar-refractivity contribution in [2.75, 3.05) is 5.32 Å². The van der Waals surface area contributed by atoms with Crippen LogP contribution in [0.25, 0.3) is 0 Å². The van der Waals surface area contributed by atoms with Crippen LogP contribution >= 0.6 is 11.6 Å². The van der Waals surface area contributed by atoms with Gasteiger partial charge in [-0.25, -0.2) is 0 Å². The number of amides is 1. The summed E-state index contributed by atoms with van der Waals surface area (Å²) in [6.45, 7) is 0. The number of hydrogen-bond acceptors (Lipinski definition) is 2. The Hall–Kier alpha value is -2.13. The van der Waals surface area contributed by atoms with Gasteiger partial charge in [-0.1, -0.05) is 54.1 Å². The molecule has 2 aromatic rings. The summed E-state index contributed by atoms with van der Waals surface area (Å²) in [5.41, 5.74) is 1.73. The zero-order valence-electron chi connectivity index (χ0n) is 10.1. The third-order valence-corrected chi connectivity index (χ3v) is 3.06. The van der Waals surface area contributed by atoms with E-state index in [-0.39, 0.29) is 17.4 Å². The monoisotopic (exact) mass is 273 g/mol. The Morgan fingerprint density at radius 2 is 1.84 bits per heavy atom. The first kappa shape index (κ1) is 13.3.